The molecular weight excluding hydrogens is 342 g/mol. The highest BCUT2D eigenvalue weighted by atomic mass is 16.5. The number of benzene rings is 1. The Balaban J connectivity index is 1.36. The SMILES string of the molecule is OC1CCC(Nc2cc(Nc3ccc(N4CCOCC4)cc3)ncn2)CC1. The molecule has 1 saturated heterocycles. The van der Waals surface area contributed by atoms with Crippen LogP contribution in [0.25, 0.3) is 0 Å². The first kappa shape index (κ1) is 18.0. The molecule has 27 heavy (non-hydrogen) atoms. The average Bonchev–Trinajstić information content (AvgIpc) is 2.71. The number of rotatable bonds is 5. The molecule has 0 bridgehead atoms. The minimum atomic E-state index is -0.147. The van der Waals surface area contributed by atoms with E-state index in [-0.39, 0.29) is 6.10 Å². The van der Waals surface area contributed by atoms with E-state index in [4.69, 9.17) is 4.74 Å². The van der Waals surface area contributed by atoms with Crippen molar-refractivity contribution in [1.29, 1.82) is 0 Å². The number of aromatic nitrogens is 2. The summed E-state index contributed by atoms with van der Waals surface area (Å²) in [6, 6.07) is 10.7. The van der Waals surface area contributed by atoms with Crippen molar-refractivity contribution in [3.05, 3.63) is 36.7 Å². The maximum Gasteiger partial charge on any atom is 0.135 e. The summed E-state index contributed by atoms with van der Waals surface area (Å²) in [5.41, 5.74) is 2.21. The Morgan fingerprint density at radius 1 is 0.963 bits per heavy atom. The lowest BCUT2D eigenvalue weighted by Crippen LogP contribution is -2.36. The number of hydrogen-bond donors (Lipinski definition) is 3. The lowest BCUT2D eigenvalue weighted by Gasteiger charge is -2.29. The summed E-state index contributed by atoms with van der Waals surface area (Å²) in [6.45, 7) is 3.45. The van der Waals surface area contributed by atoms with Crippen molar-refractivity contribution >= 4 is 23.0 Å². The number of nitrogens with one attached hydrogen (secondary N) is 2. The van der Waals surface area contributed by atoms with Gasteiger partial charge in [0.25, 0.3) is 0 Å². The van der Waals surface area contributed by atoms with Crippen LogP contribution >= 0.6 is 0 Å². The molecule has 1 saturated carbocycles. The summed E-state index contributed by atoms with van der Waals surface area (Å²) in [5, 5.41) is 16.4. The van der Waals surface area contributed by atoms with Crippen molar-refractivity contribution in [2.45, 2.75) is 37.8 Å². The van der Waals surface area contributed by atoms with E-state index in [0.29, 0.717) is 6.04 Å². The molecule has 0 radical (unpaired) electrons. The van der Waals surface area contributed by atoms with Crippen molar-refractivity contribution in [3.8, 4) is 0 Å². The van der Waals surface area contributed by atoms with Crippen LogP contribution in [-0.4, -0.2) is 53.5 Å². The fraction of sp³-hybridized carbons (Fsp3) is 0.500. The zero-order chi connectivity index (χ0) is 18.5. The molecule has 2 heterocycles. The van der Waals surface area contributed by atoms with Crippen LogP contribution in [0.5, 0.6) is 0 Å². The predicted octanol–water partition coefficient (Wildman–Crippen LogP) is 2.77. The number of aliphatic hydroxyl groups is 1. The van der Waals surface area contributed by atoms with E-state index in [1.165, 1.54) is 5.69 Å². The Labute approximate surface area is 159 Å². The van der Waals surface area contributed by atoms with Gasteiger partial charge in [-0.25, -0.2) is 9.97 Å². The molecule has 144 valence electrons. The van der Waals surface area contributed by atoms with E-state index in [9.17, 15) is 5.11 Å². The monoisotopic (exact) mass is 369 g/mol. The van der Waals surface area contributed by atoms with Crippen molar-refractivity contribution in [2.24, 2.45) is 0 Å². The number of ether oxygens (including phenoxy) is 1. The Morgan fingerprint density at radius 2 is 1.67 bits per heavy atom. The second-order valence-corrected chi connectivity index (χ2v) is 7.21. The van der Waals surface area contributed by atoms with Crippen LogP contribution in [0.4, 0.5) is 23.0 Å². The van der Waals surface area contributed by atoms with Crippen LogP contribution in [0.2, 0.25) is 0 Å². The Hall–Kier alpha value is -2.38. The van der Waals surface area contributed by atoms with Crippen molar-refractivity contribution in [3.63, 3.8) is 0 Å². The number of nitrogens with zero attached hydrogens (tertiary/aromatic N) is 3. The first-order valence-electron chi connectivity index (χ1n) is 9.73. The minimum Gasteiger partial charge on any atom is -0.393 e. The van der Waals surface area contributed by atoms with Gasteiger partial charge in [-0.05, 0) is 49.9 Å². The van der Waals surface area contributed by atoms with Crippen LogP contribution in [0, 0.1) is 0 Å². The van der Waals surface area contributed by atoms with Crippen molar-refractivity contribution < 1.29 is 9.84 Å². The predicted molar refractivity (Wildman–Crippen MR) is 107 cm³/mol. The largest absolute Gasteiger partial charge is 0.393 e. The molecule has 0 atom stereocenters. The number of hydrogen-bond acceptors (Lipinski definition) is 7. The topological polar surface area (TPSA) is 82.5 Å². The first-order valence-corrected chi connectivity index (χ1v) is 9.73. The molecule has 0 spiro atoms. The smallest absolute Gasteiger partial charge is 0.135 e. The number of aliphatic hydroxyl groups excluding tert-OH is 1. The normalized spacial score (nSPS) is 23.1. The minimum absolute atomic E-state index is 0.147. The van der Waals surface area contributed by atoms with Gasteiger partial charge in [-0.2, -0.15) is 0 Å². The fourth-order valence-electron chi connectivity index (χ4n) is 3.66. The summed E-state index contributed by atoms with van der Waals surface area (Å²) in [4.78, 5) is 11.0. The van der Waals surface area contributed by atoms with Gasteiger partial charge in [-0.15, -0.1) is 0 Å². The van der Waals surface area contributed by atoms with Gasteiger partial charge in [0, 0.05) is 36.6 Å². The molecule has 1 aliphatic carbocycles. The second-order valence-electron chi connectivity index (χ2n) is 7.21. The molecule has 2 fully saturated rings. The zero-order valence-corrected chi connectivity index (χ0v) is 15.5. The highest BCUT2D eigenvalue weighted by Gasteiger charge is 2.19. The van der Waals surface area contributed by atoms with Gasteiger partial charge in [0.1, 0.15) is 18.0 Å². The third-order valence-electron chi connectivity index (χ3n) is 5.23. The Bertz CT molecular complexity index is 725. The van der Waals surface area contributed by atoms with Crippen LogP contribution < -0.4 is 15.5 Å². The number of anilines is 4. The van der Waals surface area contributed by atoms with Crippen molar-refractivity contribution in [2.75, 3.05) is 41.8 Å². The molecule has 3 N–H and O–H groups in total. The van der Waals surface area contributed by atoms with Gasteiger partial charge >= 0.3 is 0 Å². The van der Waals surface area contributed by atoms with Crippen LogP contribution in [0.15, 0.2) is 36.7 Å². The van der Waals surface area contributed by atoms with E-state index in [1.54, 1.807) is 6.33 Å². The molecule has 7 nitrogen and oxygen atoms in total. The van der Waals surface area contributed by atoms with E-state index in [0.717, 1.165) is 69.3 Å². The molecule has 1 aromatic heterocycles. The summed E-state index contributed by atoms with van der Waals surface area (Å²) in [5.74, 6) is 1.58. The summed E-state index contributed by atoms with van der Waals surface area (Å²) >= 11 is 0. The van der Waals surface area contributed by atoms with Gasteiger partial charge in [-0.3, -0.25) is 0 Å². The third kappa shape index (κ3) is 4.87. The maximum absolute atomic E-state index is 9.63. The molecule has 2 aliphatic rings. The molecule has 7 heteroatoms. The average molecular weight is 369 g/mol. The quantitative estimate of drug-likeness (QED) is 0.747. The Kier molecular flexibility index (Phi) is 5.69. The third-order valence-corrected chi connectivity index (χ3v) is 5.23. The lowest BCUT2D eigenvalue weighted by atomic mass is 9.93. The van der Waals surface area contributed by atoms with Gasteiger partial charge in [0.15, 0.2) is 0 Å². The van der Waals surface area contributed by atoms with Gasteiger partial charge in [0.05, 0.1) is 19.3 Å². The molecule has 2 aromatic rings. The van der Waals surface area contributed by atoms with E-state index >= 15 is 0 Å². The van der Waals surface area contributed by atoms with Gasteiger partial charge in [0.2, 0.25) is 0 Å². The maximum atomic E-state index is 9.63. The standard InChI is InChI=1S/C20H27N5O2/c26-18-7-3-16(4-8-18)24-20-13-19(21-14-22-20)23-15-1-5-17(6-2-15)25-9-11-27-12-10-25/h1-2,5-6,13-14,16,18,26H,3-4,7-12H2,(H2,21,22,23,24). The van der Waals surface area contributed by atoms with Crippen molar-refractivity contribution in [1.82, 2.24) is 9.97 Å². The molecule has 0 unspecified atom stereocenters. The molecule has 4 rings (SSSR count). The fourth-order valence-corrected chi connectivity index (χ4v) is 3.66. The first-order chi connectivity index (χ1) is 13.3. The summed E-state index contributed by atoms with van der Waals surface area (Å²) < 4.78 is 5.41. The zero-order valence-electron chi connectivity index (χ0n) is 15.5. The lowest BCUT2D eigenvalue weighted by molar-refractivity contribution is 0.122. The van der Waals surface area contributed by atoms with Crippen LogP contribution in [-0.2, 0) is 4.74 Å². The van der Waals surface area contributed by atoms with Crippen LogP contribution in [0.1, 0.15) is 25.7 Å². The molecule has 1 aromatic carbocycles. The Morgan fingerprint density at radius 3 is 2.41 bits per heavy atom. The van der Waals surface area contributed by atoms with E-state index in [2.05, 4.69) is 49.8 Å². The van der Waals surface area contributed by atoms with Crippen LogP contribution in [0.3, 0.4) is 0 Å². The molecular formula is C20H27N5O2. The highest BCUT2D eigenvalue weighted by Crippen LogP contribution is 2.24. The van der Waals surface area contributed by atoms with Gasteiger partial charge in [-0.1, -0.05) is 0 Å². The highest BCUT2D eigenvalue weighted by molar-refractivity contribution is 5.62. The number of morpholine rings is 1. The second kappa shape index (κ2) is 8.54. The van der Waals surface area contributed by atoms with Gasteiger partial charge < -0.3 is 25.4 Å². The summed E-state index contributed by atoms with van der Waals surface area (Å²) in [7, 11) is 0. The van der Waals surface area contributed by atoms with E-state index < -0.39 is 0 Å². The van der Waals surface area contributed by atoms with E-state index in [1.807, 2.05) is 6.07 Å². The molecule has 0 amide bonds. The molecule has 1 aliphatic heterocycles. The summed E-state index contributed by atoms with van der Waals surface area (Å²) in [6.07, 6.45) is 5.07.